The molecule has 6 nitrogen and oxygen atoms in total. The van der Waals surface area contributed by atoms with E-state index < -0.39 is 29.3 Å². The number of benzene rings is 2. The Hall–Kier alpha value is -3.36. The van der Waals surface area contributed by atoms with E-state index in [1.165, 1.54) is 43.0 Å². The fourth-order valence-electron chi connectivity index (χ4n) is 3.67. The molecule has 0 aliphatic carbocycles. The van der Waals surface area contributed by atoms with E-state index in [2.05, 4.69) is 5.32 Å². The highest BCUT2D eigenvalue weighted by atomic mass is 19.4. The molecular weight excluding hydrogens is 411 g/mol. The van der Waals surface area contributed by atoms with Gasteiger partial charge in [-0.15, -0.1) is 0 Å². The maximum Gasteiger partial charge on any atom is 0.417 e. The highest BCUT2D eigenvalue weighted by molar-refractivity contribution is 5.99. The third kappa shape index (κ3) is 4.70. The molecule has 1 N–H and O–H groups in total. The van der Waals surface area contributed by atoms with Gasteiger partial charge in [-0.05, 0) is 35.4 Å². The number of fused-ring (bicyclic) bond motifs is 1. The second kappa shape index (κ2) is 8.41. The van der Waals surface area contributed by atoms with E-state index in [0.29, 0.717) is 11.3 Å². The Morgan fingerprint density at radius 2 is 1.74 bits per heavy atom. The Morgan fingerprint density at radius 1 is 1.06 bits per heavy atom. The third-order valence-electron chi connectivity index (χ3n) is 5.11. The van der Waals surface area contributed by atoms with Crippen LogP contribution in [0, 0.1) is 0 Å². The zero-order chi connectivity index (χ0) is 22.9. The topological polar surface area (TPSA) is 69.7 Å². The Labute approximate surface area is 177 Å². The highest BCUT2D eigenvalue weighted by Gasteiger charge is 2.40. The number of anilines is 1. The summed E-state index contributed by atoms with van der Waals surface area (Å²) < 4.78 is 40.5. The summed E-state index contributed by atoms with van der Waals surface area (Å²) in [6, 6.07) is 8.71. The number of hydrogen-bond donors (Lipinski definition) is 1. The normalized spacial score (nSPS) is 15.8. The molecule has 3 rings (SSSR count). The minimum absolute atomic E-state index is 0.0575. The molecule has 0 saturated carbocycles. The number of alkyl halides is 3. The van der Waals surface area contributed by atoms with E-state index in [4.69, 9.17) is 0 Å². The molecule has 164 valence electrons. The van der Waals surface area contributed by atoms with E-state index in [1.807, 2.05) is 0 Å². The predicted octanol–water partition coefficient (Wildman–Crippen LogP) is 3.32. The van der Waals surface area contributed by atoms with Crippen LogP contribution in [0.15, 0.2) is 42.5 Å². The van der Waals surface area contributed by atoms with Gasteiger partial charge >= 0.3 is 6.18 Å². The number of carbonyl (C=O) groups excluding carboxylic acids is 3. The SMILES string of the molecule is CC(=O)Nc1ccc2c(c1)CN(C(=O)c1ccccc1C(F)(F)F)[C@@H](C(=O)N(C)C)C2. The fourth-order valence-corrected chi connectivity index (χ4v) is 3.67. The minimum Gasteiger partial charge on any atom is -0.347 e. The zero-order valence-electron chi connectivity index (χ0n) is 17.3. The zero-order valence-corrected chi connectivity index (χ0v) is 17.3. The van der Waals surface area contributed by atoms with Crippen molar-refractivity contribution in [1.29, 1.82) is 0 Å². The first-order chi connectivity index (χ1) is 14.5. The molecule has 3 amide bonds. The van der Waals surface area contributed by atoms with Gasteiger partial charge in [0.15, 0.2) is 0 Å². The molecule has 0 radical (unpaired) electrons. The van der Waals surface area contributed by atoms with Crippen molar-refractivity contribution in [3.05, 3.63) is 64.7 Å². The van der Waals surface area contributed by atoms with Crippen molar-refractivity contribution in [1.82, 2.24) is 9.80 Å². The number of nitrogens with one attached hydrogen (secondary N) is 1. The first-order valence-electron chi connectivity index (χ1n) is 9.56. The number of rotatable bonds is 3. The monoisotopic (exact) mass is 433 g/mol. The molecule has 1 heterocycles. The lowest BCUT2D eigenvalue weighted by Gasteiger charge is -2.37. The number of nitrogens with zero attached hydrogens (tertiary/aromatic N) is 2. The predicted molar refractivity (Wildman–Crippen MR) is 108 cm³/mol. The second-order valence-corrected chi connectivity index (χ2v) is 7.59. The molecule has 0 saturated heterocycles. The van der Waals surface area contributed by atoms with Gasteiger partial charge in [0.1, 0.15) is 6.04 Å². The standard InChI is InChI=1S/C22H22F3N3O3/c1-13(29)26-16-9-8-14-11-19(21(31)27(2)3)28(12-15(14)10-16)20(30)17-6-4-5-7-18(17)22(23,24)25/h4-10,19H,11-12H2,1-3H3,(H,26,29)/t19-/m1/s1. The second-order valence-electron chi connectivity index (χ2n) is 7.59. The van der Waals surface area contributed by atoms with Crippen LogP contribution in [0.25, 0.3) is 0 Å². The van der Waals surface area contributed by atoms with Crippen molar-refractivity contribution >= 4 is 23.4 Å². The van der Waals surface area contributed by atoms with Crippen molar-refractivity contribution in [3.63, 3.8) is 0 Å². The van der Waals surface area contributed by atoms with Crippen molar-refractivity contribution in [3.8, 4) is 0 Å². The Balaban J connectivity index is 2.05. The van der Waals surface area contributed by atoms with Gasteiger partial charge in [-0.25, -0.2) is 0 Å². The van der Waals surface area contributed by atoms with Crippen LogP contribution in [0.3, 0.4) is 0 Å². The van der Waals surface area contributed by atoms with E-state index in [0.717, 1.165) is 17.7 Å². The van der Waals surface area contributed by atoms with Crippen LogP contribution in [0.1, 0.15) is 34.0 Å². The molecule has 2 aromatic rings. The van der Waals surface area contributed by atoms with Gasteiger partial charge in [0.2, 0.25) is 11.8 Å². The molecule has 0 aromatic heterocycles. The molecule has 0 bridgehead atoms. The molecule has 1 aliphatic rings. The van der Waals surface area contributed by atoms with Crippen molar-refractivity contribution in [2.24, 2.45) is 0 Å². The smallest absolute Gasteiger partial charge is 0.347 e. The summed E-state index contributed by atoms with van der Waals surface area (Å²) in [5, 5.41) is 2.65. The number of likely N-dealkylation sites (N-methyl/N-ethyl adjacent to an activating group) is 1. The average molecular weight is 433 g/mol. The van der Waals surface area contributed by atoms with Crippen molar-refractivity contribution in [2.45, 2.75) is 32.1 Å². The van der Waals surface area contributed by atoms with Crippen LogP contribution in [-0.2, 0) is 28.7 Å². The van der Waals surface area contributed by atoms with Crippen LogP contribution < -0.4 is 5.32 Å². The molecule has 2 aromatic carbocycles. The van der Waals surface area contributed by atoms with E-state index in [9.17, 15) is 27.6 Å². The lowest BCUT2D eigenvalue weighted by molar-refractivity contribution is -0.138. The van der Waals surface area contributed by atoms with Crippen molar-refractivity contribution < 1.29 is 27.6 Å². The van der Waals surface area contributed by atoms with Gasteiger partial charge in [0, 0.05) is 39.7 Å². The van der Waals surface area contributed by atoms with E-state index in [-0.39, 0.29) is 24.8 Å². The number of amides is 3. The summed E-state index contributed by atoms with van der Waals surface area (Å²) in [5.74, 6) is -1.53. The third-order valence-corrected chi connectivity index (χ3v) is 5.11. The van der Waals surface area contributed by atoms with Crippen LogP contribution >= 0.6 is 0 Å². The van der Waals surface area contributed by atoms with Gasteiger partial charge in [0.25, 0.3) is 5.91 Å². The quantitative estimate of drug-likeness (QED) is 0.808. The molecule has 0 spiro atoms. The highest BCUT2D eigenvalue weighted by Crippen LogP contribution is 2.34. The molecule has 0 fully saturated rings. The van der Waals surface area contributed by atoms with E-state index >= 15 is 0 Å². The lowest BCUT2D eigenvalue weighted by atomic mass is 9.91. The number of carbonyl (C=O) groups is 3. The molecule has 1 atom stereocenters. The summed E-state index contributed by atoms with van der Waals surface area (Å²) in [5.41, 5.74) is 0.406. The summed E-state index contributed by atoms with van der Waals surface area (Å²) in [7, 11) is 3.06. The maximum atomic E-state index is 13.5. The molecule has 31 heavy (non-hydrogen) atoms. The average Bonchev–Trinajstić information content (AvgIpc) is 2.70. The van der Waals surface area contributed by atoms with Crippen LogP contribution in [0.5, 0.6) is 0 Å². The van der Waals surface area contributed by atoms with Crippen LogP contribution in [0.4, 0.5) is 18.9 Å². The molecule has 1 aliphatic heterocycles. The summed E-state index contributed by atoms with van der Waals surface area (Å²) in [4.78, 5) is 39.9. The maximum absolute atomic E-state index is 13.5. The Morgan fingerprint density at radius 3 is 2.35 bits per heavy atom. The van der Waals surface area contributed by atoms with E-state index in [1.54, 1.807) is 18.2 Å². The van der Waals surface area contributed by atoms with Gasteiger partial charge in [-0.1, -0.05) is 18.2 Å². The minimum atomic E-state index is -4.71. The van der Waals surface area contributed by atoms with Gasteiger partial charge < -0.3 is 15.1 Å². The summed E-state index contributed by atoms with van der Waals surface area (Å²) in [6.07, 6.45) is -4.55. The largest absolute Gasteiger partial charge is 0.417 e. The summed E-state index contributed by atoms with van der Waals surface area (Å²) in [6.45, 7) is 1.30. The lowest BCUT2D eigenvalue weighted by Crippen LogP contribution is -2.52. The van der Waals surface area contributed by atoms with Gasteiger partial charge in [-0.3, -0.25) is 14.4 Å². The molecular formula is C22H22F3N3O3. The number of hydrogen-bond acceptors (Lipinski definition) is 3. The van der Waals surface area contributed by atoms with Gasteiger partial charge in [0.05, 0.1) is 11.1 Å². The van der Waals surface area contributed by atoms with Crippen LogP contribution in [0.2, 0.25) is 0 Å². The van der Waals surface area contributed by atoms with Crippen LogP contribution in [-0.4, -0.2) is 47.7 Å². The summed E-state index contributed by atoms with van der Waals surface area (Å²) >= 11 is 0. The van der Waals surface area contributed by atoms with Crippen molar-refractivity contribution in [2.75, 3.05) is 19.4 Å². The Kier molecular flexibility index (Phi) is 6.06. The fraction of sp³-hybridized carbons (Fsp3) is 0.318. The number of halogens is 3. The Bertz CT molecular complexity index is 1030. The molecule has 9 heteroatoms. The van der Waals surface area contributed by atoms with Gasteiger partial charge in [-0.2, -0.15) is 13.2 Å². The first-order valence-corrected chi connectivity index (χ1v) is 9.56. The first kappa shape index (κ1) is 22.3. The molecule has 0 unspecified atom stereocenters.